The number of hydrogen-bond donors (Lipinski definition) is 3. The fraction of sp³-hybridized carbons (Fsp3) is 0.263. The van der Waals surface area contributed by atoms with E-state index in [-0.39, 0.29) is 11.4 Å². The molecule has 10 heteroatoms. The van der Waals surface area contributed by atoms with E-state index in [0.29, 0.717) is 54.8 Å². The fourth-order valence-electron chi connectivity index (χ4n) is 3.30. The van der Waals surface area contributed by atoms with Gasteiger partial charge in [0.25, 0.3) is 5.91 Å². The maximum atomic E-state index is 12.0. The fourth-order valence-corrected chi connectivity index (χ4v) is 4.00. The number of nitrogens with one attached hydrogen (secondary N) is 2. The minimum absolute atomic E-state index is 0.249. The van der Waals surface area contributed by atoms with Gasteiger partial charge in [-0.3, -0.25) is 4.79 Å². The van der Waals surface area contributed by atoms with E-state index in [0.717, 1.165) is 0 Å². The van der Waals surface area contributed by atoms with E-state index >= 15 is 0 Å². The number of halogens is 2. The zero-order valence-corrected chi connectivity index (χ0v) is 17.8. The van der Waals surface area contributed by atoms with Crippen LogP contribution in [0.1, 0.15) is 31.1 Å². The SMILES string of the molecule is CNC(=O)c1cc(Cl)c2c(Cl)c(-c3nn(C(C)(C)C)c4ncnc(N)c34)[nH]c2c1. The van der Waals surface area contributed by atoms with E-state index in [4.69, 9.17) is 34.0 Å². The average Bonchev–Trinajstić information content (AvgIpc) is 3.20. The van der Waals surface area contributed by atoms with Crippen molar-refractivity contribution in [3.05, 3.63) is 34.1 Å². The molecule has 1 aromatic carbocycles. The van der Waals surface area contributed by atoms with Gasteiger partial charge in [-0.05, 0) is 32.9 Å². The molecule has 3 heterocycles. The number of hydrogen-bond acceptors (Lipinski definition) is 5. The van der Waals surface area contributed by atoms with Crippen LogP contribution in [0.2, 0.25) is 10.0 Å². The molecule has 0 bridgehead atoms. The van der Waals surface area contributed by atoms with Crippen LogP contribution in [0, 0.1) is 0 Å². The molecule has 0 unspecified atom stereocenters. The molecule has 3 aromatic heterocycles. The summed E-state index contributed by atoms with van der Waals surface area (Å²) in [7, 11) is 1.56. The van der Waals surface area contributed by atoms with Gasteiger partial charge in [-0.15, -0.1) is 0 Å². The number of fused-ring (bicyclic) bond motifs is 2. The predicted octanol–water partition coefficient (Wildman–Crippen LogP) is 3.98. The predicted molar refractivity (Wildman–Crippen MR) is 115 cm³/mol. The zero-order valence-electron chi connectivity index (χ0n) is 16.3. The van der Waals surface area contributed by atoms with Crippen LogP contribution < -0.4 is 11.1 Å². The highest BCUT2D eigenvalue weighted by molar-refractivity contribution is 6.44. The van der Waals surface area contributed by atoms with Crippen LogP contribution in [0.15, 0.2) is 18.5 Å². The van der Waals surface area contributed by atoms with Crippen LogP contribution in [-0.2, 0) is 5.54 Å². The van der Waals surface area contributed by atoms with Crippen molar-refractivity contribution in [2.45, 2.75) is 26.3 Å². The Bertz CT molecular complexity index is 1280. The number of carbonyl (C=O) groups excluding carboxylic acids is 1. The minimum Gasteiger partial charge on any atom is -0.383 e. The average molecular weight is 432 g/mol. The molecule has 4 aromatic rings. The van der Waals surface area contributed by atoms with Gasteiger partial charge >= 0.3 is 0 Å². The lowest BCUT2D eigenvalue weighted by atomic mass is 10.1. The summed E-state index contributed by atoms with van der Waals surface area (Å²) in [6.45, 7) is 6.04. The molecule has 0 aliphatic carbocycles. The van der Waals surface area contributed by atoms with Gasteiger partial charge in [0, 0.05) is 23.5 Å². The van der Waals surface area contributed by atoms with E-state index in [9.17, 15) is 4.79 Å². The first-order valence-corrected chi connectivity index (χ1v) is 9.62. The monoisotopic (exact) mass is 431 g/mol. The third-order valence-electron chi connectivity index (χ3n) is 4.64. The second kappa shape index (κ2) is 6.60. The molecule has 29 heavy (non-hydrogen) atoms. The summed E-state index contributed by atoms with van der Waals surface area (Å²) >= 11 is 13.1. The topological polar surface area (TPSA) is 115 Å². The summed E-state index contributed by atoms with van der Waals surface area (Å²) in [5.41, 5.74) is 8.51. The van der Waals surface area contributed by atoms with E-state index in [2.05, 4.69) is 20.3 Å². The summed E-state index contributed by atoms with van der Waals surface area (Å²) in [6.07, 6.45) is 1.41. The number of amides is 1. The van der Waals surface area contributed by atoms with Crippen LogP contribution in [-0.4, -0.2) is 37.7 Å². The maximum Gasteiger partial charge on any atom is 0.251 e. The summed E-state index contributed by atoms with van der Waals surface area (Å²) in [5.74, 6) is 0.0496. The maximum absolute atomic E-state index is 12.0. The first-order chi connectivity index (χ1) is 13.6. The second-order valence-corrected chi connectivity index (χ2v) is 8.45. The summed E-state index contributed by atoms with van der Waals surface area (Å²) in [4.78, 5) is 23.8. The van der Waals surface area contributed by atoms with Crippen molar-refractivity contribution in [3.63, 3.8) is 0 Å². The number of nitrogen functional groups attached to an aromatic ring is 1. The number of benzene rings is 1. The first kappa shape index (κ1) is 19.5. The molecule has 0 fully saturated rings. The van der Waals surface area contributed by atoms with Gasteiger partial charge in [0.05, 0.1) is 26.7 Å². The molecule has 1 amide bonds. The van der Waals surface area contributed by atoms with Crippen molar-refractivity contribution in [2.24, 2.45) is 0 Å². The third kappa shape index (κ3) is 2.99. The lowest BCUT2D eigenvalue weighted by Gasteiger charge is -2.19. The number of aromatic nitrogens is 5. The Labute approximate surface area is 176 Å². The highest BCUT2D eigenvalue weighted by atomic mass is 35.5. The summed E-state index contributed by atoms with van der Waals surface area (Å²) in [6, 6.07) is 3.27. The van der Waals surface area contributed by atoms with Crippen LogP contribution in [0.3, 0.4) is 0 Å². The van der Waals surface area contributed by atoms with Crippen molar-refractivity contribution in [3.8, 4) is 11.4 Å². The molecule has 0 atom stereocenters. The van der Waals surface area contributed by atoms with Gasteiger partial charge in [0.1, 0.15) is 17.8 Å². The highest BCUT2D eigenvalue weighted by Gasteiger charge is 2.27. The molecule has 8 nitrogen and oxygen atoms in total. The van der Waals surface area contributed by atoms with Crippen molar-refractivity contribution in [1.29, 1.82) is 0 Å². The van der Waals surface area contributed by atoms with E-state index in [1.165, 1.54) is 6.33 Å². The van der Waals surface area contributed by atoms with Crippen LogP contribution >= 0.6 is 23.2 Å². The van der Waals surface area contributed by atoms with Gasteiger partial charge in [0.2, 0.25) is 0 Å². The van der Waals surface area contributed by atoms with Gasteiger partial charge in [-0.2, -0.15) is 5.10 Å². The Morgan fingerprint density at radius 3 is 2.59 bits per heavy atom. The largest absolute Gasteiger partial charge is 0.383 e. The standard InChI is InChI=1S/C19H19Cl2N7O/c1-19(2,3)28-17-12(16(22)24-7-25-17)14(27-28)15-13(21)11-9(20)5-8(18(29)23-4)6-10(11)26-15/h5-7,26H,1-4H3,(H,23,29)(H2,22,24,25). The first-order valence-electron chi connectivity index (χ1n) is 8.86. The van der Waals surface area contributed by atoms with E-state index in [1.807, 2.05) is 20.8 Å². The smallest absolute Gasteiger partial charge is 0.251 e. The second-order valence-electron chi connectivity index (χ2n) is 7.66. The normalized spacial score (nSPS) is 12.1. The molecular formula is C19H19Cl2N7O. The van der Waals surface area contributed by atoms with Crippen LogP contribution in [0.5, 0.6) is 0 Å². The Kier molecular flexibility index (Phi) is 4.43. The molecule has 0 aliphatic heterocycles. The van der Waals surface area contributed by atoms with Gasteiger partial charge in [-0.1, -0.05) is 23.2 Å². The van der Waals surface area contributed by atoms with Crippen molar-refractivity contribution in [1.82, 2.24) is 30.0 Å². The highest BCUT2D eigenvalue weighted by Crippen LogP contribution is 2.41. The van der Waals surface area contributed by atoms with Crippen LogP contribution in [0.25, 0.3) is 33.3 Å². The third-order valence-corrected chi connectivity index (χ3v) is 5.32. The van der Waals surface area contributed by atoms with Crippen molar-refractivity contribution in [2.75, 3.05) is 12.8 Å². The van der Waals surface area contributed by atoms with Crippen molar-refractivity contribution >= 4 is 56.9 Å². The molecule has 0 saturated heterocycles. The molecule has 4 N–H and O–H groups in total. The molecule has 0 spiro atoms. The number of H-pyrrole nitrogens is 1. The lowest BCUT2D eigenvalue weighted by Crippen LogP contribution is -2.23. The Hall–Kier alpha value is -2.84. The number of nitrogens with zero attached hydrogens (tertiary/aromatic N) is 4. The molecular weight excluding hydrogens is 413 g/mol. The molecule has 4 rings (SSSR count). The van der Waals surface area contributed by atoms with Crippen LogP contribution in [0.4, 0.5) is 5.82 Å². The molecule has 0 aliphatic rings. The number of carbonyl (C=O) groups is 1. The number of aromatic amines is 1. The van der Waals surface area contributed by atoms with Crippen molar-refractivity contribution < 1.29 is 4.79 Å². The lowest BCUT2D eigenvalue weighted by molar-refractivity contribution is 0.0963. The molecule has 0 radical (unpaired) electrons. The molecule has 0 saturated carbocycles. The summed E-state index contributed by atoms with van der Waals surface area (Å²) in [5, 5.41) is 9.27. The Morgan fingerprint density at radius 2 is 1.93 bits per heavy atom. The minimum atomic E-state index is -0.347. The Balaban J connectivity index is 2.05. The Morgan fingerprint density at radius 1 is 1.21 bits per heavy atom. The van der Waals surface area contributed by atoms with E-state index < -0.39 is 0 Å². The molecule has 150 valence electrons. The number of nitrogens with two attached hydrogens (primary N) is 1. The van der Waals surface area contributed by atoms with E-state index in [1.54, 1.807) is 23.9 Å². The van der Waals surface area contributed by atoms with Gasteiger partial charge < -0.3 is 16.0 Å². The number of rotatable bonds is 2. The quantitative estimate of drug-likeness (QED) is 0.443. The van der Waals surface area contributed by atoms with Gasteiger partial charge in [-0.25, -0.2) is 14.6 Å². The summed E-state index contributed by atoms with van der Waals surface area (Å²) < 4.78 is 1.79. The van der Waals surface area contributed by atoms with Gasteiger partial charge in [0.15, 0.2) is 5.65 Å². The number of anilines is 1. The zero-order chi connectivity index (χ0) is 21.1.